The molecular formula is C47H49Br2Cl7N8O11S6. The van der Waals surface area contributed by atoms with Crippen LogP contribution in [0.5, 0.6) is 0 Å². The highest BCUT2D eigenvalue weighted by molar-refractivity contribution is 9.10. The molecule has 7 heterocycles. The van der Waals surface area contributed by atoms with E-state index in [1.807, 2.05) is 27.7 Å². The molecule has 0 bridgehead atoms. The monoisotopic (exact) mass is 1500 g/mol. The molecule has 3 unspecified atom stereocenters. The van der Waals surface area contributed by atoms with Crippen LogP contribution < -0.4 is 20.5 Å². The minimum absolute atomic E-state index is 0.0610. The first kappa shape index (κ1) is 70.3. The summed E-state index contributed by atoms with van der Waals surface area (Å²) in [6, 6.07) is 7.28. The van der Waals surface area contributed by atoms with Gasteiger partial charge in [-0.1, -0.05) is 69.6 Å². The van der Waals surface area contributed by atoms with Crippen molar-refractivity contribution in [3.63, 3.8) is 0 Å². The maximum atomic E-state index is 13.2. The number of nitrogens with zero attached hydrogens (tertiary/aromatic N) is 5. The smallest absolute Gasteiger partial charge is 0.289 e. The topological polar surface area (TPSA) is 275 Å². The molecule has 4 aromatic rings. The molecule has 0 saturated heterocycles. The van der Waals surface area contributed by atoms with Crippen molar-refractivity contribution in [2.45, 2.75) is 59.9 Å². The third kappa shape index (κ3) is 21.7. The van der Waals surface area contributed by atoms with Crippen LogP contribution >= 0.6 is 141 Å². The van der Waals surface area contributed by atoms with Gasteiger partial charge >= 0.3 is 0 Å². The van der Waals surface area contributed by atoms with Crippen molar-refractivity contribution in [1.29, 1.82) is 0 Å². The van der Waals surface area contributed by atoms with Crippen molar-refractivity contribution in [2.75, 3.05) is 34.3 Å². The standard InChI is InChI=1S/C19H18Cl2N4O4S2.C15H17BrCl2N2O4S2.C8H10Cl2O3S2.C5H4BrClN2/c1-11(2)29-16-10-30(6-4-14(16)21)31(27,28)25-15-8-13(20)9-24-18(15)19(26)12-3-5-23-17(22)7-12;1-10(2)24-14-8-25(5-4-12(14)18)26(21,22)20(9-23-3)13-6-11(17)7-19-15(13)16;1-6(2)13-8-5-14(15(10,11)12)4-3-7(8)9;6-5-4(8)1-3(7)2-9-5/h3-11,25H,1-2H3,(H2,22,23);4-8,10H,9H2,1-3H3;3-6H,1-2H3;1-2H,8H2. The second-order valence-electron chi connectivity index (χ2n) is 16.4. The Morgan fingerprint density at radius 3 is 1.59 bits per heavy atom. The zero-order chi connectivity index (χ0) is 60.7. The molecule has 34 heteroatoms. The van der Waals surface area contributed by atoms with Gasteiger partial charge in [0.1, 0.15) is 44.7 Å². The summed E-state index contributed by atoms with van der Waals surface area (Å²) in [6.45, 7) is 10.7. The van der Waals surface area contributed by atoms with Crippen LogP contribution in [-0.2, 0) is 45.1 Å². The van der Waals surface area contributed by atoms with Crippen LogP contribution in [-0.4, -0.2) is 99.2 Å². The Balaban J connectivity index is 0.000000253. The van der Waals surface area contributed by atoms with Crippen LogP contribution in [0.25, 0.3) is 0 Å². The normalized spacial score (nSPS) is 16.9. The molecule has 3 aliphatic rings. The molecular weight excluding hydrogens is 1450 g/mol. The first-order chi connectivity index (χ1) is 37.7. The maximum Gasteiger partial charge on any atom is 0.289 e. The number of nitrogens with one attached hydrogen (secondary N) is 1. The van der Waals surface area contributed by atoms with E-state index < -0.39 is 60.5 Å². The van der Waals surface area contributed by atoms with Crippen molar-refractivity contribution in [2.24, 2.45) is 0 Å². The third-order valence-electron chi connectivity index (χ3n) is 8.99. The van der Waals surface area contributed by atoms with Gasteiger partial charge in [-0.2, -0.15) is 16.8 Å². The first-order valence-corrected chi connectivity index (χ1v) is 37.2. The van der Waals surface area contributed by atoms with Gasteiger partial charge in [-0.25, -0.2) is 32.7 Å². The van der Waals surface area contributed by atoms with Crippen LogP contribution in [0.3, 0.4) is 0 Å². The number of hydrogen-bond acceptors (Lipinski definition) is 17. The Kier molecular flexibility index (Phi) is 27.6. The molecule has 0 aliphatic carbocycles. The number of ketones is 1. The molecule has 3 atom stereocenters. The van der Waals surface area contributed by atoms with Crippen molar-refractivity contribution in [1.82, 2.24) is 19.9 Å². The number of aromatic nitrogens is 4. The van der Waals surface area contributed by atoms with Crippen LogP contribution in [0, 0.1) is 0 Å². The summed E-state index contributed by atoms with van der Waals surface area (Å²) in [4.78, 5) is 28.7. The number of nitrogens with two attached hydrogens (primary N) is 2. The molecule has 5 N–H and O–H groups in total. The van der Waals surface area contributed by atoms with E-state index >= 15 is 0 Å². The summed E-state index contributed by atoms with van der Waals surface area (Å²) < 4.78 is 101. The fourth-order valence-corrected chi connectivity index (χ4v) is 18.1. The number of allylic oxidation sites excluding steroid dienone is 9. The summed E-state index contributed by atoms with van der Waals surface area (Å²) in [5.74, 6) is 0.563. The van der Waals surface area contributed by atoms with E-state index in [0.29, 0.717) is 51.6 Å². The Morgan fingerprint density at radius 1 is 0.654 bits per heavy atom. The van der Waals surface area contributed by atoms with Crippen LogP contribution in [0.2, 0.25) is 15.1 Å². The number of anilines is 4. The second kappa shape index (κ2) is 31.8. The van der Waals surface area contributed by atoms with Crippen LogP contribution in [0.15, 0.2) is 131 Å². The van der Waals surface area contributed by atoms with Gasteiger partial charge in [0.25, 0.3) is 26.2 Å². The zero-order valence-electron chi connectivity index (χ0n) is 43.1. The fourth-order valence-electron chi connectivity index (χ4n) is 5.74. The molecule has 0 spiro atoms. The Hall–Kier alpha value is -3.23. The van der Waals surface area contributed by atoms with Crippen LogP contribution in [0.4, 0.5) is 22.9 Å². The number of hydrogen-bond donors (Lipinski definition) is 3. The Morgan fingerprint density at radius 2 is 1.11 bits per heavy atom. The van der Waals surface area contributed by atoms with Gasteiger partial charge in [0.15, 0.2) is 0 Å². The highest BCUT2D eigenvalue weighted by Crippen LogP contribution is 2.40. The lowest BCUT2D eigenvalue weighted by molar-refractivity contribution is 0.103. The number of ether oxygens (including phenoxy) is 4. The summed E-state index contributed by atoms with van der Waals surface area (Å²) in [5, 5.41) is 10.7. The lowest BCUT2D eigenvalue weighted by atomic mass is 10.1. The molecule has 0 radical (unpaired) electrons. The zero-order valence-corrected chi connectivity index (χ0v) is 56.4. The van der Waals surface area contributed by atoms with Gasteiger partial charge in [-0.3, -0.25) is 9.52 Å². The molecule has 0 amide bonds. The SMILES string of the molecule is CC(C)OC1=C(Cl)C=CS(S(=O)(=O)Cl)=C1.CC(C)OC1=C(Cl)C=CS(S(=O)(=O)Nc2cc(Cl)cnc2C(=O)c2ccnc(N)c2)=C1.COCN(c1cc(Cl)cnc1Br)S(=O)(=O)S1=CC(OC(C)C)=C(Cl)C=C1.Nc1cc(Cl)cnc1Br. The summed E-state index contributed by atoms with van der Waals surface area (Å²) in [5.41, 5.74) is 11.9. The Labute approximate surface area is 526 Å². The minimum Gasteiger partial charge on any atom is -0.489 e. The van der Waals surface area contributed by atoms with E-state index in [0.717, 1.165) is 4.31 Å². The molecule has 442 valence electrons. The maximum absolute atomic E-state index is 13.2. The molecule has 0 fully saturated rings. The van der Waals surface area contributed by atoms with E-state index in [-0.39, 0.29) is 64.3 Å². The van der Waals surface area contributed by atoms with Gasteiger partial charge < -0.3 is 30.4 Å². The van der Waals surface area contributed by atoms with E-state index in [1.165, 1.54) is 107 Å². The first-order valence-electron chi connectivity index (χ1n) is 22.5. The van der Waals surface area contributed by atoms with Gasteiger partial charge in [0.2, 0.25) is 5.78 Å². The van der Waals surface area contributed by atoms with Crippen LogP contribution in [0.1, 0.15) is 57.6 Å². The van der Waals surface area contributed by atoms with Crippen molar-refractivity contribution in [3.8, 4) is 0 Å². The van der Waals surface area contributed by atoms with Gasteiger partial charge in [0.05, 0.1) is 65.5 Å². The van der Waals surface area contributed by atoms with E-state index in [2.05, 4.69) is 56.5 Å². The van der Waals surface area contributed by atoms with E-state index in [9.17, 15) is 30.0 Å². The van der Waals surface area contributed by atoms with Crippen molar-refractivity contribution in [3.05, 3.63) is 157 Å². The quantitative estimate of drug-likeness (QED) is 0.0221. The van der Waals surface area contributed by atoms with Gasteiger partial charge in [0, 0.05) is 64.2 Å². The number of carbonyl (C=O) groups excluding carboxylic acids is 1. The minimum atomic E-state index is -4.02. The second-order valence-corrected chi connectivity index (χ2v) is 36.3. The van der Waals surface area contributed by atoms with Crippen molar-refractivity contribution >= 4 is 212 Å². The summed E-state index contributed by atoms with van der Waals surface area (Å²) in [6.07, 6.45) is 9.64. The predicted octanol–water partition coefficient (Wildman–Crippen LogP) is 13.7. The van der Waals surface area contributed by atoms with E-state index in [1.54, 1.807) is 19.9 Å². The lowest BCUT2D eigenvalue weighted by Gasteiger charge is -2.26. The van der Waals surface area contributed by atoms with Gasteiger partial charge in [-0.15, -0.1) is 0 Å². The number of methoxy groups -OCH3 is 1. The molecule has 3 aliphatic heterocycles. The van der Waals surface area contributed by atoms with Crippen molar-refractivity contribution < 1.29 is 49.0 Å². The fraction of sp³-hybridized carbons (Fsp3) is 0.234. The lowest BCUT2D eigenvalue weighted by Crippen LogP contribution is -2.32. The molecule has 7 rings (SSSR count). The highest BCUT2D eigenvalue weighted by atomic mass is 79.9. The number of carbonyl (C=O) groups is 1. The average Bonchev–Trinajstić information content (AvgIpc) is 3.48. The molecule has 19 nitrogen and oxygen atoms in total. The highest BCUT2D eigenvalue weighted by Gasteiger charge is 2.30. The summed E-state index contributed by atoms with van der Waals surface area (Å²) in [7, 11) is -8.78. The molecule has 0 saturated carbocycles. The number of pyridine rings is 4. The molecule has 4 aromatic heterocycles. The Bertz CT molecular complexity index is 3680. The molecule has 0 aromatic carbocycles. The van der Waals surface area contributed by atoms with Gasteiger partial charge in [-0.05, 0) is 167 Å². The molecule has 81 heavy (non-hydrogen) atoms. The third-order valence-corrected chi connectivity index (χ3v) is 25.5. The number of nitrogen functional groups attached to an aromatic ring is 2. The largest absolute Gasteiger partial charge is 0.489 e. The van der Waals surface area contributed by atoms with E-state index in [4.69, 9.17) is 111 Å². The average molecular weight is 1500 g/mol. The number of halogens is 9. The summed E-state index contributed by atoms with van der Waals surface area (Å²) >= 11 is 42.0. The number of rotatable bonds is 17. The predicted molar refractivity (Wildman–Crippen MR) is 346 cm³/mol.